The molecule has 108 valence electrons. The van der Waals surface area contributed by atoms with Crippen LogP contribution in [0.4, 0.5) is 10.8 Å². The molecule has 0 aliphatic rings. The van der Waals surface area contributed by atoms with E-state index in [0.717, 1.165) is 16.5 Å². The van der Waals surface area contributed by atoms with Crippen molar-refractivity contribution in [2.24, 2.45) is 0 Å². The first-order valence-corrected chi connectivity index (χ1v) is 7.41. The van der Waals surface area contributed by atoms with Crippen molar-refractivity contribution in [2.75, 3.05) is 10.9 Å². The SMILES string of the molecule is Clc1cccc(NNc2[nH+]c(-c3ccccc3)cs2)c1.[Br-]. The lowest BCUT2D eigenvalue weighted by Gasteiger charge is -2.01. The highest BCUT2D eigenvalue weighted by molar-refractivity contribution is 7.13. The molecule has 2 aromatic carbocycles. The predicted octanol–water partition coefficient (Wildman–Crippen LogP) is 1.33. The molecule has 1 aromatic heterocycles. The maximum Gasteiger partial charge on any atom is 0.355 e. The van der Waals surface area contributed by atoms with Gasteiger partial charge in [0.1, 0.15) is 5.69 Å². The number of aromatic amines is 1. The van der Waals surface area contributed by atoms with Crippen LogP contribution in [0.2, 0.25) is 5.02 Å². The summed E-state index contributed by atoms with van der Waals surface area (Å²) in [6.45, 7) is 0. The Labute approximate surface area is 142 Å². The fraction of sp³-hybridized carbons (Fsp3) is 0. The van der Waals surface area contributed by atoms with Gasteiger partial charge in [-0.25, -0.2) is 10.4 Å². The molecular weight excluding hydrogens is 370 g/mol. The Hall–Kier alpha value is -1.56. The fourth-order valence-corrected chi connectivity index (χ4v) is 2.71. The van der Waals surface area contributed by atoms with Gasteiger partial charge >= 0.3 is 5.13 Å². The zero-order valence-electron chi connectivity index (χ0n) is 10.9. The molecule has 1 heterocycles. The second-order valence-electron chi connectivity index (χ2n) is 4.23. The first kappa shape index (κ1) is 15.8. The molecular formula is C15H13BrClN3S. The molecule has 3 N–H and O–H groups in total. The summed E-state index contributed by atoms with van der Waals surface area (Å²) in [7, 11) is 0. The third-order valence-corrected chi connectivity index (χ3v) is 3.80. The quantitative estimate of drug-likeness (QED) is 0.668. The number of thiazole rings is 1. The molecule has 0 aliphatic heterocycles. The smallest absolute Gasteiger partial charge is 0.355 e. The Morgan fingerprint density at radius 3 is 2.52 bits per heavy atom. The number of benzene rings is 2. The summed E-state index contributed by atoms with van der Waals surface area (Å²) in [4.78, 5) is 3.33. The number of hydrogen-bond acceptors (Lipinski definition) is 3. The summed E-state index contributed by atoms with van der Waals surface area (Å²) >= 11 is 7.54. The van der Waals surface area contributed by atoms with Crippen LogP contribution in [0.5, 0.6) is 0 Å². The number of H-pyrrole nitrogens is 1. The molecule has 0 bridgehead atoms. The second-order valence-corrected chi connectivity index (χ2v) is 5.55. The molecule has 0 saturated carbocycles. The maximum atomic E-state index is 5.94. The Balaban J connectivity index is 0.00000161. The number of halogens is 2. The van der Waals surface area contributed by atoms with Crippen LogP contribution in [0, 0.1) is 0 Å². The number of rotatable bonds is 4. The highest BCUT2D eigenvalue weighted by atomic mass is 79.9. The standard InChI is InChI=1S/C15H12ClN3S.BrH/c16-12-7-4-8-13(9-12)18-19-15-17-14(10-20-15)11-5-2-1-3-6-11;/h1-10,18H,(H,17,19);1H. The minimum Gasteiger partial charge on any atom is -1.00 e. The van der Waals surface area contributed by atoms with E-state index in [1.54, 1.807) is 11.3 Å². The van der Waals surface area contributed by atoms with Crippen LogP contribution in [0.25, 0.3) is 11.3 Å². The van der Waals surface area contributed by atoms with Gasteiger partial charge in [0.25, 0.3) is 0 Å². The van der Waals surface area contributed by atoms with Crippen LogP contribution >= 0.6 is 22.9 Å². The minimum absolute atomic E-state index is 0. The fourth-order valence-electron chi connectivity index (χ4n) is 1.81. The van der Waals surface area contributed by atoms with Crippen LogP contribution in [0.1, 0.15) is 0 Å². The Morgan fingerprint density at radius 1 is 0.952 bits per heavy atom. The molecule has 0 aliphatic carbocycles. The molecule has 6 heteroatoms. The van der Waals surface area contributed by atoms with Crippen LogP contribution < -0.4 is 32.8 Å². The zero-order valence-corrected chi connectivity index (χ0v) is 14.1. The molecule has 0 atom stereocenters. The average Bonchev–Trinajstić information content (AvgIpc) is 2.95. The maximum absolute atomic E-state index is 5.94. The first-order chi connectivity index (χ1) is 9.81. The molecule has 0 amide bonds. The van der Waals surface area contributed by atoms with Gasteiger partial charge in [0.2, 0.25) is 0 Å². The molecule has 0 radical (unpaired) electrons. The van der Waals surface area contributed by atoms with Gasteiger partial charge in [-0.2, -0.15) is 5.43 Å². The van der Waals surface area contributed by atoms with Gasteiger partial charge < -0.3 is 17.0 Å². The van der Waals surface area contributed by atoms with Gasteiger partial charge in [-0.1, -0.05) is 59.3 Å². The Bertz CT molecular complexity index is 703. The third-order valence-electron chi connectivity index (χ3n) is 2.77. The van der Waals surface area contributed by atoms with E-state index in [1.165, 1.54) is 5.56 Å². The van der Waals surface area contributed by atoms with E-state index in [9.17, 15) is 0 Å². The van der Waals surface area contributed by atoms with Crippen molar-refractivity contribution in [1.82, 2.24) is 0 Å². The van der Waals surface area contributed by atoms with E-state index in [2.05, 4.69) is 33.3 Å². The summed E-state index contributed by atoms with van der Waals surface area (Å²) < 4.78 is 0. The number of aromatic nitrogens is 1. The van der Waals surface area contributed by atoms with Crippen molar-refractivity contribution in [3.05, 3.63) is 65.0 Å². The molecule has 0 spiro atoms. The van der Waals surface area contributed by atoms with E-state index in [4.69, 9.17) is 11.6 Å². The van der Waals surface area contributed by atoms with E-state index >= 15 is 0 Å². The lowest BCUT2D eigenvalue weighted by molar-refractivity contribution is -0.341. The first-order valence-electron chi connectivity index (χ1n) is 6.15. The molecule has 3 aromatic rings. The largest absolute Gasteiger partial charge is 1.00 e. The van der Waals surface area contributed by atoms with E-state index in [1.807, 2.05) is 42.5 Å². The topological polar surface area (TPSA) is 38.2 Å². The molecule has 0 saturated heterocycles. The van der Waals surface area contributed by atoms with E-state index < -0.39 is 0 Å². The van der Waals surface area contributed by atoms with Gasteiger partial charge in [-0.05, 0) is 18.2 Å². The summed E-state index contributed by atoms with van der Waals surface area (Å²) in [6.07, 6.45) is 0. The van der Waals surface area contributed by atoms with Crippen molar-refractivity contribution in [2.45, 2.75) is 0 Å². The van der Waals surface area contributed by atoms with Crippen LogP contribution in [0.3, 0.4) is 0 Å². The zero-order chi connectivity index (χ0) is 13.8. The Morgan fingerprint density at radius 2 is 1.76 bits per heavy atom. The summed E-state index contributed by atoms with van der Waals surface area (Å²) in [5.41, 5.74) is 9.42. The molecule has 21 heavy (non-hydrogen) atoms. The van der Waals surface area contributed by atoms with Gasteiger partial charge in [-0.15, -0.1) is 0 Å². The predicted molar refractivity (Wildman–Crippen MR) is 85.0 cm³/mol. The highest BCUT2D eigenvalue weighted by Gasteiger charge is 2.09. The minimum atomic E-state index is 0. The lowest BCUT2D eigenvalue weighted by atomic mass is 10.2. The number of hydrazine groups is 1. The monoisotopic (exact) mass is 381 g/mol. The second kappa shape index (κ2) is 7.45. The van der Waals surface area contributed by atoms with Crippen LogP contribution in [-0.2, 0) is 0 Å². The molecule has 0 fully saturated rings. The molecule has 0 unspecified atom stereocenters. The molecule has 3 rings (SSSR count). The van der Waals surface area contributed by atoms with Crippen molar-refractivity contribution in [1.29, 1.82) is 0 Å². The van der Waals surface area contributed by atoms with Crippen molar-refractivity contribution in [3.63, 3.8) is 0 Å². The van der Waals surface area contributed by atoms with Crippen LogP contribution in [-0.4, -0.2) is 0 Å². The number of anilines is 2. The summed E-state index contributed by atoms with van der Waals surface area (Å²) in [6, 6.07) is 17.8. The van der Waals surface area contributed by atoms with Gasteiger partial charge in [0, 0.05) is 16.0 Å². The van der Waals surface area contributed by atoms with Gasteiger partial charge in [0.15, 0.2) is 0 Å². The summed E-state index contributed by atoms with van der Waals surface area (Å²) in [5, 5.41) is 3.72. The van der Waals surface area contributed by atoms with Gasteiger partial charge in [-0.3, -0.25) is 0 Å². The van der Waals surface area contributed by atoms with Crippen LogP contribution in [0.15, 0.2) is 60.0 Å². The van der Waals surface area contributed by atoms with Crippen molar-refractivity contribution >= 4 is 33.8 Å². The Kier molecular flexibility index (Phi) is 5.61. The third kappa shape index (κ3) is 4.20. The van der Waals surface area contributed by atoms with Crippen molar-refractivity contribution < 1.29 is 22.0 Å². The van der Waals surface area contributed by atoms with Gasteiger partial charge in [0.05, 0.1) is 5.69 Å². The van der Waals surface area contributed by atoms with Crippen molar-refractivity contribution in [3.8, 4) is 11.3 Å². The number of hydrogen-bond donors (Lipinski definition) is 2. The highest BCUT2D eigenvalue weighted by Crippen LogP contribution is 2.21. The normalized spacial score (nSPS) is 9.76. The van der Waals surface area contributed by atoms with E-state index in [-0.39, 0.29) is 17.0 Å². The lowest BCUT2D eigenvalue weighted by Crippen LogP contribution is -3.00. The molecule has 3 nitrogen and oxygen atoms in total. The number of nitrogens with one attached hydrogen (secondary N) is 3. The summed E-state index contributed by atoms with van der Waals surface area (Å²) in [5.74, 6) is 0. The average molecular weight is 383 g/mol. The van der Waals surface area contributed by atoms with E-state index in [0.29, 0.717) is 5.02 Å².